The van der Waals surface area contributed by atoms with Gasteiger partial charge in [0.2, 0.25) is 0 Å². The molecule has 9 heteroatoms. The number of nitrogens with one attached hydrogen (secondary N) is 1. The number of thioether (sulfide) groups is 1. The SMILES string of the molecule is CSc1ccsc1C(=O)NCc1cn(CC(=O)O)nn1. The summed E-state index contributed by atoms with van der Waals surface area (Å²) in [7, 11) is 0. The number of hydrogen-bond acceptors (Lipinski definition) is 6. The molecular formula is C11H12N4O3S2. The number of aromatic nitrogens is 3. The van der Waals surface area contributed by atoms with Crippen molar-refractivity contribution in [3.63, 3.8) is 0 Å². The van der Waals surface area contributed by atoms with Gasteiger partial charge < -0.3 is 10.4 Å². The van der Waals surface area contributed by atoms with Crippen LogP contribution in [0.25, 0.3) is 0 Å². The van der Waals surface area contributed by atoms with Crippen LogP contribution in [0.2, 0.25) is 0 Å². The lowest BCUT2D eigenvalue weighted by Crippen LogP contribution is -2.22. The molecule has 0 fully saturated rings. The van der Waals surface area contributed by atoms with Gasteiger partial charge >= 0.3 is 5.97 Å². The highest BCUT2D eigenvalue weighted by Crippen LogP contribution is 2.25. The van der Waals surface area contributed by atoms with E-state index in [1.165, 1.54) is 34.0 Å². The van der Waals surface area contributed by atoms with Crippen LogP contribution in [0.4, 0.5) is 0 Å². The highest BCUT2D eigenvalue weighted by Gasteiger charge is 2.13. The van der Waals surface area contributed by atoms with Gasteiger partial charge in [-0.1, -0.05) is 5.21 Å². The van der Waals surface area contributed by atoms with Crippen molar-refractivity contribution < 1.29 is 14.7 Å². The molecule has 2 aromatic heterocycles. The Morgan fingerprint density at radius 1 is 1.55 bits per heavy atom. The zero-order chi connectivity index (χ0) is 14.5. The van der Waals surface area contributed by atoms with Gasteiger partial charge in [0, 0.05) is 4.90 Å². The first-order valence-corrected chi connectivity index (χ1v) is 7.71. The van der Waals surface area contributed by atoms with Crippen LogP contribution in [-0.4, -0.2) is 38.2 Å². The van der Waals surface area contributed by atoms with Gasteiger partial charge in [-0.2, -0.15) is 0 Å². The highest BCUT2D eigenvalue weighted by molar-refractivity contribution is 7.98. The van der Waals surface area contributed by atoms with Gasteiger partial charge in [-0.25, -0.2) is 4.68 Å². The summed E-state index contributed by atoms with van der Waals surface area (Å²) in [6, 6.07) is 1.90. The van der Waals surface area contributed by atoms with E-state index in [4.69, 9.17) is 5.11 Å². The molecule has 0 spiro atoms. The predicted molar refractivity (Wildman–Crippen MR) is 74.9 cm³/mol. The fraction of sp³-hybridized carbons (Fsp3) is 0.273. The Kier molecular flexibility index (Phi) is 4.74. The fourth-order valence-corrected chi connectivity index (χ4v) is 3.18. The maximum absolute atomic E-state index is 12.0. The first kappa shape index (κ1) is 14.5. The third kappa shape index (κ3) is 3.58. The number of carbonyl (C=O) groups excluding carboxylic acids is 1. The number of hydrogen-bond donors (Lipinski definition) is 2. The van der Waals surface area contributed by atoms with E-state index in [1.54, 1.807) is 0 Å². The zero-order valence-corrected chi connectivity index (χ0v) is 12.2. The highest BCUT2D eigenvalue weighted by atomic mass is 32.2. The Balaban J connectivity index is 1.93. The molecule has 1 amide bonds. The van der Waals surface area contributed by atoms with Crippen molar-refractivity contribution in [2.45, 2.75) is 18.0 Å². The van der Waals surface area contributed by atoms with E-state index < -0.39 is 5.97 Å². The van der Waals surface area contributed by atoms with Crippen LogP contribution in [0.15, 0.2) is 22.5 Å². The maximum Gasteiger partial charge on any atom is 0.325 e. The first-order valence-electron chi connectivity index (χ1n) is 5.60. The summed E-state index contributed by atoms with van der Waals surface area (Å²) >= 11 is 2.89. The van der Waals surface area contributed by atoms with E-state index in [2.05, 4.69) is 15.6 Å². The minimum absolute atomic E-state index is 0.169. The second-order valence-corrected chi connectivity index (χ2v) is 5.57. The Morgan fingerprint density at radius 2 is 2.35 bits per heavy atom. The van der Waals surface area contributed by atoms with Crippen LogP contribution in [-0.2, 0) is 17.9 Å². The van der Waals surface area contributed by atoms with Crippen LogP contribution in [0, 0.1) is 0 Å². The van der Waals surface area contributed by atoms with E-state index in [-0.39, 0.29) is 19.0 Å². The number of carboxylic acids is 1. The van der Waals surface area contributed by atoms with Crippen molar-refractivity contribution >= 4 is 35.0 Å². The number of thiophene rings is 1. The van der Waals surface area contributed by atoms with Crippen molar-refractivity contribution in [1.82, 2.24) is 20.3 Å². The molecule has 0 aliphatic rings. The maximum atomic E-state index is 12.0. The van der Waals surface area contributed by atoms with E-state index in [9.17, 15) is 9.59 Å². The molecule has 2 rings (SSSR count). The second-order valence-electron chi connectivity index (χ2n) is 3.80. The lowest BCUT2D eigenvalue weighted by molar-refractivity contribution is -0.137. The lowest BCUT2D eigenvalue weighted by Gasteiger charge is -2.02. The smallest absolute Gasteiger partial charge is 0.325 e. The molecule has 0 radical (unpaired) electrons. The molecule has 2 heterocycles. The van der Waals surface area contributed by atoms with Gasteiger partial charge in [-0.05, 0) is 17.7 Å². The van der Waals surface area contributed by atoms with E-state index in [0.29, 0.717) is 10.6 Å². The Bertz CT molecular complexity index is 623. The largest absolute Gasteiger partial charge is 0.480 e. The Morgan fingerprint density at radius 3 is 3.05 bits per heavy atom. The number of amides is 1. The molecule has 0 aliphatic heterocycles. The number of nitrogens with zero attached hydrogens (tertiary/aromatic N) is 3. The van der Waals surface area contributed by atoms with Crippen LogP contribution in [0.1, 0.15) is 15.4 Å². The molecule has 2 aromatic rings. The molecule has 0 aromatic carbocycles. The number of carboxylic acid groups (broad SMARTS) is 1. The molecule has 7 nitrogen and oxygen atoms in total. The Hall–Kier alpha value is -1.87. The molecule has 0 saturated carbocycles. The predicted octanol–water partition coefficient (Wildman–Crippen LogP) is 1.08. The molecule has 2 N–H and O–H groups in total. The summed E-state index contributed by atoms with van der Waals surface area (Å²) in [6.45, 7) is -0.0351. The molecule has 0 aliphatic carbocycles. The Labute approximate surface area is 123 Å². The van der Waals surface area contributed by atoms with Crippen LogP contribution < -0.4 is 5.32 Å². The molecule has 0 saturated heterocycles. The topological polar surface area (TPSA) is 97.1 Å². The van der Waals surface area contributed by atoms with Gasteiger partial charge in [0.25, 0.3) is 5.91 Å². The van der Waals surface area contributed by atoms with Crippen LogP contribution in [0.5, 0.6) is 0 Å². The average molecular weight is 312 g/mol. The summed E-state index contributed by atoms with van der Waals surface area (Å²) in [4.78, 5) is 24.1. The first-order chi connectivity index (χ1) is 9.60. The quantitative estimate of drug-likeness (QED) is 0.775. The normalized spacial score (nSPS) is 10.4. The lowest BCUT2D eigenvalue weighted by atomic mass is 10.4. The van der Waals surface area contributed by atoms with Crippen LogP contribution >= 0.6 is 23.1 Å². The molecule has 20 heavy (non-hydrogen) atoms. The summed E-state index contributed by atoms with van der Waals surface area (Å²) in [5, 5.41) is 20.7. The number of aliphatic carboxylic acids is 1. The summed E-state index contributed by atoms with van der Waals surface area (Å²) in [6.07, 6.45) is 3.41. The van der Waals surface area contributed by atoms with E-state index >= 15 is 0 Å². The minimum atomic E-state index is -0.992. The monoisotopic (exact) mass is 312 g/mol. The van der Waals surface area contributed by atoms with Gasteiger partial charge in [-0.15, -0.1) is 28.2 Å². The van der Waals surface area contributed by atoms with E-state index in [1.807, 2.05) is 17.7 Å². The van der Waals surface area contributed by atoms with Crippen molar-refractivity contribution in [3.05, 3.63) is 28.2 Å². The molecule has 0 bridgehead atoms. The van der Waals surface area contributed by atoms with E-state index in [0.717, 1.165) is 4.90 Å². The second kappa shape index (κ2) is 6.53. The van der Waals surface area contributed by atoms with Crippen molar-refractivity contribution in [3.8, 4) is 0 Å². The van der Waals surface area contributed by atoms with Gasteiger partial charge in [0.15, 0.2) is 0 Å². The number of rotatable bonds is 6. The van der Waals surface area contributed by atoms with Crippen molar-refractivity contribution in [2.75, 3.05) is 6.26 Å². The summed E-state index contributed by atoms with van der Waals surface area (Å²) in [5.74, 6) is -1.16. The zero-order valence-electron chi connectivity index (χ0n) is 10.6. The van der Waals surface area contributed by atoms with Crippen molar-refractivity contribution in [2.24, 2.45) is 0 Å². The molecule has 106 valence electrons. The molecule has 0 unspecified atom stereocenters. The third-order valence-electron chi connectivity index (χ3n) is 2.37. The molecular weight excluding hydrogens is 300 g/mol. The van der Waals surface area contributed by atoms with Crippen LogP contribution in [0.3, 0.4) is 0 Å². The fourth-order valence-electron chi connectivity index (χ4n) is 1.51. The van der Waals surface area contributed by atoms with Gasteiger partial charge in [0.1, 0.15) is 17.1 Å². The summed E-state index contributed by atoms with van der Waals surface area (Å²) < 4.78 is 1.21. The molecule has 0 atom stereocenters. The van der Waals surface area contributed by atoms with Gasteiger partial charge in [-0.3, -0.25) is 9.59 Å². The average Bonchev–Trinajstić information content (AvgIpc) is 3.03. The number of carbonyl (C=O) groups is 2. The summed E-state index contributed by atoms with van der Waals surface area (Å²) in [5.41, 5.74) is 0.516. The van der Waals surface area contributed by atoms with Gasteiger partial charge in [0.05, 0.1) is 12.7 Å². The third-order valence-corrected chi connectivity index (χ3v) is 4.19. The minimum Gasteiger partial charge on any atom is -0.480 e. The standard InChI is InChI=1S/C11H12N4O3S2/c1-19-8-2-3-20-10(8)11(18)12-4-7-5-15(14-13-7)6-9(16)17/h2-3,5H,4,6H2,1H3,(H,12,18)(H,16,17). The van der Waals surface area contributed by atoms with Crippen molar-refractivity contribution in [1.29, 1.82) is 0 Å².